The third-order valence-corrected chi connectivity index (χ3v) is 5.06. The molecule has 1 amide bonds. The minimum absolute atomic E-state index is 0.313. The molecule has 3 heterocycles. The monoisotopic (exact) mass is 320 g/mol. The molecule has 128 valence electrons. The molecule has 1 atom stereocenters. The molecule has 0 aromatic carbocycles. The lowest BCUT2D eigenvalue weighted by molar-refractivity contribution is -0.136. The maximum absolute atomic E-state index is 12.5. The van der Waals surface area contributed by atoms with E-state index in [-0.39, 0.29) is 0 Å². The van der Waals surface area contributed by atoms with Gasteiger partial charge in [0.25, 0.3) is 0 Å². The Morgan fingerprint density at radius 2 is 1.87 bits per heavy atom. The normalized spacial score (nSPS) is 24.0. The molecule has 0 saturated carbocycles. The number of hydrogen-bond donors (Lipinski definition) is 0. The van der Waals surface area contributed by atoms with E-state index in [9.17, 15) is 4.79 Å². The van der Waals surface area contributed by atoms with Gasteiger partial charge in [0, 0.05) is 45.3 Å². The SMILES string of the molecule is CC1CCCCN1C(=O)CN1CCN(CCn2cncn2)CC1. The molecule has 3 rings (SSSR count). The van der Waals surface area contributed by atoms with Crippen LogP contribution in [-0.2, 0) is 11.3 Å². The molecule has 2 saturated heterocycles. The molecule has 1 aromatic rings. The molecule has 0 N–H and O–H groups in total. The van der Waals surface area contributed by atoms with Crippen molar-refractivity contribution in [1.82, 2.24) is 29.5 Å². The topological polar surface area (TPSA) is 57.5 Å². The zero-order valence-corrected chi connectivity index (χ0v) is 14.1. The summed E-state index contributed by atoms with van der Waals surface area (Å²) < 4.78 is 1.87. The van der Waals surface area contributed by atoms with Crippen LogP contribution in [0, 0.1) is 0 Å². The third-order valence-electron chi connectivity index (χ3n) is 5.06. The second-order valence-electron chi connectivity index (χ2n) is 6.71. The van der Waals surface area contributed by atoms with Crippen molar-refractivity contribution in [2.75, 3.05) is 45.8 Å². The lowest BCUT2D eigenvalue weighted by Crippen LogP contribution is -2.52. The highest BCUT2D eigenvalue weighted by Crippen LogP contribution is 2.16. The van der Waals surface area contributed by atoms with Gasteiger partial charge in [-0.1, -0.05) is 0 Å². The van der Waals surface area contributed by atoms with Crippen molar-refractivity contribution in [1.29, 1.82) is 0 Å². The summed E-state index contributed by atoms with van der Waals surface area (Å²) in [6.45, 7) is 9.59. The number of aromatic nitrogens is 3. The first-order chi connectivity index (χ1) is 11.2. The van der Waals surface area contributed by atoms with Crippen LogP contribution in [0.5, 0.6) is 0 Å². The largest absolute Gasteiger partial charge is 0.339 e. The van der Waals surface area contributed by atoms with E-state index in [1.165, 1.54) is 6.42 Å². The number of likely N-dealkylation sites (tertiary alicyclic amines) is 1. The van der Waals surface area contributed by atoms with Gasteiger partial charge >= 0.3 is 0 Å². The Hall–Kier alpha value is -1.47. The fourth-order valence-electron chi connectivity index (χ4n) is 3.51. The molecule has 1 aromatic heterocycles. The standard InChI is InChI=1S/C16H28N6O/c1-15-4-2-3-5-22(15)16(23)12-20-8-6-19(7-9-20)10-11-21-14-17-13-18-21/h13-15H,2-12H2,1H3. The zero-order valence-electron chi connectivity index (χ0n) is 14.1. The number of rotatable bonds is 5. The van der Waals surface area contributed by atoms with Gasteiger partial charge < -0.3 is 4.90 Å². The lowest BCUT2D eigenvalue weighted by atomic mass is 10.0. The number of amides is 1. The van der Waals surface area contributed by atoms with E-state index in [0.717, 1.165) is 58.7 Å². The summed E-state index contributed by atoms with van der Waals surface area (Å²) in [5, 5.41) is 4.13. The summed E-state index contributed by atoms with van der Waals surface area (Å²) in [5.74, 6) is 0.313. The quantitative estimate of drug-likeness (QED) is 0.781. The van der Waals surface area contributed by atoms with E-state index < -0.39 is 0 Å². The predicted octanol–water partition coefficient (Wildman–Crippen LogP) is 0.297. The van der Waals surface area contributed by atoms with E-state index in [1.54, 1.807) is 12.7 Å². The fraction of sp³-hybridized carbons (Fsp3) is 0.812. The highest BCUT2D eigenvalue weighted by atomic mass is 16.2. The summed E-state index contributed by atoms with van der Waals surface area (Å²) >= 11 is 0. The second-order valence-corrected chi connectivity index (χ2v) is 6.71. The molecule has 7 nitrogen and oxygen atoms in total. The molecule has 2 aliphatic rings. The Balaban J connectivity index is 1.37. The van der Waals surface area contributed by atoms with E-state index in [2.05, 4.69) is 31.7 Å². The van der Waals surface area contributed by atoms with Crippen LogP contribution in [0.1, 0.15) is 26.2 Å². The molecule has 0 bridgehead atoms. The number of carbonyl (C=O) groups excluding carboxylic acids is 1. The molecule has 2 fully saturated rings. The Kier molecular flexibility index (Phi) is 5.61. The maximum Gasteiger partial charge on any atom is 0.236 e. The van der Waals surface area contributed by atoms with Crippen LogP contribution < -0.4 is 0 Å². The van der Waals surface area contributed by atoms with Crippen molar-refractivity contribution < 1.29 is 4.79 Å². The predicted molar refractivity (Wildman–Crippen MR) is 87.9 cm³/mol. The molecule has 23 heavy (non-hydrogen) atoms. The van der Waals surface area contributed by atoms with Gasteiger partial charge in [0.2, 0.25) is 5.91 Å². The van der Waals surface area contributed by atoms with Gasteiger partial charge in [-0.15, -0.1) is 0 Å². The summed E-state index contributed by atoms with van der Waals surface area (Å²) in [7, 11) is 0. The van der Waals surface area contributed by atoms with Gasteiger partial charge in [-0.05, 0) is 26.2 Å². The van der Waals surface area contributed by atoms with Gasteiger partial charge in [-0.3, -0.25) is 19.3 Å². The molecule has 0 spiro atoms. The molecular formula is C16H28N6O. The number of piperazine rings is 1. The van der Waals surface area contributed by atoms with E-state index in [4.69, 9.17) is 0 Å². The summed E-state index contributed by atoms with van der Waals surface area (Å²) in [6, 6.07) is 0.417. The van der Waals surface area contributed by atoms with E-state index in [1.807, 2.05) is 4.68 Å². The van der Waals surface area contributed by atoms with Gasteiger partial charge in [-0.25, -0.2) is 4.98 Å². The Labute approximate surface area is 138 Å². The molecule has 7 heteroatoms. The summed E-state index contributed by atoms with van der Waals surface area (Å²) in [6.07, 6.45) is 6.91. The van der Waals surface area contributed by atoms with Crippen molar-refractivity contribution in [2.45, 2.75) is 38.8 Å². The van der Waals surface area contributed by atoms with E-state index in [0.29, 0.717) is 18.5 Å². The Morgan fingerprint density at radius 1 is 1.09 bits per heavy atom. The van der Waals surface area contributed by atoms with Crippen LogP contribution >= 0.6 is 0 Å². The van der Waals surface area contributed by atoms with Crippen molar-refractivity contribution in [3.63, 3.8) is 0 Å². The van der Waals surface area contributed by atoms with Crippen LogP contribution in [-0.4, -0.2) is 87.2 Å². The first-order valence-corrected chi connectivity index (χ1v) is 8.79. The molecule has 1 unspecified atom stereocenters. The molecular weight excluding hydrogens is 292 g/mol. The van der Waals surface area contributed by atoms with Crippen molar-refractivity contribution in [2.24, 2.45) is 0 Å². The van der Waals surface area contributed by atoms with Crippen LogP contribution in [0.25, 0.3) is 0 Å². The fourth-order valence-corrected chi connectivity index (χ4v) is 3.51. The second kappa shape index (κ2) is 7.88. The zero-order chi connectivity index (χ0) is 16.1. The average molecular weight is 320 g/mol. The first kappa shape index (κ1) is 16.4. The van der Waals surface area contributed by atoms with Crippen LogP contribution in [0.3, 0.4) is 0 Å². The number of nitrogens with zero attached hydrogens (tertiary/aromatic N) is 6. The average Bonchev–Trinajstić information content (AvgIpc) is 3.08. The van der Waals surface area contributed by atoms with Crippen LogP contribution in [0.4, 0.5) is 0 Å². The summed E-state index contributed by atoms with van der Waals surface area (Å²) in [5.41, 5.74) is 0. The van der Waals surface area contributed by atoms with Gasteiger partial charge in [-0.2, -0.15) is 5.10 Å². The van der Waals surface area contributed by atoms with Gasteiger partial charge in [0.05, 0.1) is 13.1 Å². The third kappa shape index (κ3) is 4.51. The number of carbonyl (C=O) groups is 1. The highest BCUT2D eigenvalue weighted by molar-refractivity contribution is 5.78. The Morgan fingerprint density at radius 3 is 2.57 bits per heavy atom. The number of piperidine rings is 1. The first-order valence-electron chi connectivity index (χ1n) is 8.79. The van der Waals surface area contributed by atoms with Gasteiger partial charge in [0.1, 0.15) is 12.7 Å². The summed E-state index contributed by atoms with van der Waals surface area (Å²) in [4.78, 5) is 23.3. The van der Waals surface area contributed by atoms with Crippen molar-refractivity contribution >= 4 is 5.91 Å². The lowest BCUT2D eigenvalue weighted by Gasteiger charge is -2.38. The minimum atomic E-state index is 0.313. The molecule has 0 aliphatic carbocycles. The van der Waals surface area contributed by atoms with Crippen LogP contribution in [0.2, 0.25) is 0 Å². The Bertz CT molecular complexity index is 483. The molecule has 0 radical (unpaired) electrons. The van der Waals surface area contributed by atoms with Crippen molar-refractivity contribution in [3.8, 4) is 0 Å². The van der Waals surface area contributed by atoms with E-state index >= 15 is 0 Å². The highest BCUT2D eigenvalue weighted by Gasteiger charge is 2.26. The number of hydrogen-bond acceptors (Lipinski definition) is 5. The molecule has 2 aliphatic heterocycles. The van der Waals surface area contributed by atoms with Crippen molar-refractivity contribution in [3.05, 3.63) is 12.7 Å². The van der Waals surface area contributed by atoms with Gasteiger partial charge in [0.15, 0.2) is 0 Å². The maximum atomic E-state index is 12.5. The van der Waals surface area contributed by atoms with Crippen LogP contribution in [0.15, 0.2) is 12.7 Å². The minimum Gasteiger partial charge on any atom is -0.339 e. The smallest absolute Gasteiger partial charge is 0.236 e.